The first-order valence-electron chi connectivity index (χ1n) is 5.89. The third-order valence-electron chi connectivity index (χ3n) is 2.57. The first-order chi connectivity index (χ1) is 8.00. The Kier molecular flexibility index (Phi) is 5.16. The summed E-state index contributed by atoms with van der Waals surface area (Å²) in [5, 5.41) is 9.11. The van der Waals surface area contributed by atoms with E-state index >= 15 is 0 Å². The van der Waals surface area contributed by atoms with Gasteiger partial charge in [-0.2, -0.15) is 0 Å². The van der Waals surface area contributed by atoms with Gasteiger partial charge in [0.15, 0.2) is 6.10 Å². The minimum Gasteiger partial charge on any atom is -0.479 e. The fourth-order valence-electron chi connectivity index (χ4n) is 1.56. The lowest BCUT2D eigenvalue weighted by Crippen LogP contribution is -2.28. The van der Waals surface area contributed by atoms with Gasteiger partial charge in [0.05, 0.1) is 6.61 Å². The second-order valence-corrected chi connectivity index (χ2v) is 4.68. The molecule has 3 nitrogen and oxygen atoms in total. The maximum atomic E-state index is 11.1. The van der Waals surface area contributed by atoms with E-state index in [9.17, 15) is 4.79 Å². The van der Waals surface area contributed by atoms with Gasteiger partial charge in [-0.3, -0.25) is 0 Å². The molecule has 0 bridgehead atoms. The van der Waals surface area contributed by atoms with Crippen LogP contribution in [0.2, 0.25) is 0 Å². The Morgan fingerprint density at radius 1 is 1.35 bits per heavy atom. The van der Waals surface area contributed by atoms with Crippen molar-refractivity contribution in [3.05, 3.63) is 35.4 Å². The molecule has 0 aliphatic carbocycles. The molecule has 1 atom stereocenters. The Balaban J connectivity index is 2.67. The predicted molar refractivity (Wildman–Crippen MR) is 67.1 cm³/mol. The van der Waals surface area contributed by atoms with Crippen molar-refractivity contribution in [2.24, 2.45) is 5.92 Å². The number of ether oxygens (including phenoxy) is 1. The van der Waals surface area contributed by atoms with Gasteiger partial charge in [-0.25, -0.2) is 4.79 Å². The number of hydrogen-bond donors (Lipinski definition) is 1. The minimum atomic E-state index is -0.895. The van der Waals surface area contributed by atoms with Crippen LogP contribution in [0.3, 0.4) is 0 Å². The van der Waals surface area contributed by atoms with E-state index in [0.717, 1.165) is 11.1 Å². The minimum absolute atomic E-state index is 0.341. The van der Waals surface area contributed by atoms with E-state index in [0.29, 0.717) is 18.9 Å². The Hall–Kier alpha value is -1.35. The number of rotatable bonds is 6. The van der Waals surface area contributed by atoms with Gasteiger partial charge < -0.3 is 9.84 Å². The molecule has 0 radical (unpaired) electrons. The summed E-state index contributed by atoms with van der Waals surface area (Å²) >= 11 is 0. The molecule has 1 rings (SSSR count). The van der Waals surface area contributed by atoms with Crippen LogP contribution in [-0.4, -0.2) is 23.8 Å². The number of carbonyl (C=O) groups is 1. The highest BCUT2D eigenvalue weighted by molar-refractivity contribution is 5.72. The molecule has 0 fully saturated rings. The van der Waals surface area contributed by atoms with Crippen LogP contribution >= 0.6 is 0 Å². The highest BCUT2D eigenvalue weighted by Gasteiger charge is 2.19. The number of carboxylic acids is 1. The van der Waals surface area contributed by atoms with Crippen molar-refractivity contribution in [3.63, 3.8) is 0 Å². The molecule has 0 saturated carbocycles. The maximum absolute atomic E-state index is 11.1. The van der Waals surface area contributed by atoms with E-state index in [2.05, 4.69) is 0 Å². The van der Waals surface area contributed by atoms with Gasteiger partial charge in [0.25, 0.3) is 0 Å². The summed E-state index contributed by atoms with van der Waals surface area (Å²) in [5.41, 5.74) is 2.13. The fourth-order valence-corrected chi connectivity index (χ4v) is 1.56. The van der Waals surface area contributed by atoms with Crippen LogP contribution in [0, 0.1) is 12.8 Å². The second kappa shape index (κ2) is 6.40. The fraction of sp³-hybridized carbons (Fsp3) is 0.500. The first kappa shape index (κ1) is 13.7. The van der Waals surface area contributed by atoms with Crippen molar-refractivity contribution in [2.45, 2.75) is 33.3 Å². The molecule has 3 heteroatoms. The van der Waals surface area contributed by atoms with Crippen molar-refractivity contribution in [2.75, 3.05) is 6.61 Å². The zero-order valence-electron chi connectivity index (χ0n) is 10.6. The molecule has 1 N–H and O–H groups in total. The molecule has 0 saturated heterocycles. The van der Waals surface area contributed by atoms with E-state index in [-0.39, 0.29) is 0 Å². The van der Waals surface area contributed by atoms with Gasteiger partial charge in [0.2, 0.25) is 0 Å². The quantitative estimate of drug-likeness (QED) is 0.826. The van der Waals surface area contributed by atoms with Gasteiger partial charge in [-0.15, -0.1) is 0 Å². The zero-order valence-corrected chi connectivity index (χ0v) is 10.6. The molecule has 1 aromatic carbocycles. The molecular weight excluding hydrogens is 216 g/mol. The molecule has 1 aromatic rings. The average molecular weight is 236 g/mol. The largest absolute Gasteiger partial charge is 0.479 e. The Morgan fingerprint density at radius 3 is 2.53 bits per heavy atom. The van der Waals surface area contributed by atoms with E-state index in [1.54, 1.807) is 0 Å². The van der Waals surface area contributed by atoms with Crippen LogP contribution in [0.5, 0.6) is 0 Å². The Bertz CT molecular complexity index is 371. The summed E-state index contributed by atoms with van der Waals surface area (Å²) in [6.45, 7) is 6.47. The van der Waals surface area contributed by atoms with Crippen LogP contribution in [0.4, 0.5) is 0 Å². The smallest absolute Gasteiger partial charge is 0.333 e. The van der Waals surface area contributed by atoms with E-state index in [1.165, 1.54) is 0 Å². The molecule has 0 amide bonds. The third kappa shape index (κ3) is 4.57. The van der Waals surface area contributed by atoms with Gasteiger partial charge in [0, 0.05) is 6.42 Å². The van der Waals surface area contributed by atoms with E-state index in [4.69, 9.17) is 9.84 Å². The lowest BCUT2D eigenvalue weighted by Gasteiger charge is -2.16. The standard InChI is InChI=1S/C14H20O3/c1-10(2)9-17-13(14(15)16)8-12-7-5-4-6-11(12)3/h4-7,10,13H,8-9H2,1-3H3,(H,15,16)/t13-/m0/s1. The molecular formula is C14H20O3. The SMILES string of the molecule is Cc1ccccc1C[C@H](OCC(C)C)C(=O)O. The summed E-state index contributed by atoms with van der Waals surface area (Å²) in [7, 11) is 0. The number of hydrogen-bond acceptors (Lipinski definition) is 2. The van der Waals surface area contributed by atoms with Crippen LogP contribution in [0.15, 0.2) is 24.3 Å². The number of carboxylic acid groups (broad SMARTS) is 1. The zero-order chi connectivity index (χ0) is 12.8. The van der Waals surface area contributed by atoms with Gasteiger partial charge in [-0.1, -0.05) is 38.1 Å². The number of benzene rings is 1. The number of aliphatic carboxylic acids is 1. The Labute approximate surface area is 102 Å². The normalized spacial score (nSPS) is 12.7. The van der Waals surface area contributed by atoms with Crippen molar-refractivity contribution in [1.29, 1.82) is 0 Å². The topological polar surface area (TPSA) is 46.5 Å². The molecule has 0 heterocycles. The van der Waals surface area contributed by atoms with E-state index in [1.807, 2.05) is 45.0 Å². The first-order valence-corrected chi connectivity index (χ1v) is 5.89. The van der Waals surface area contributed by atoms with Gasteiger partial charge in [-0.05, 0) is 24.0 Å². The Morgan fingerprint density at radius 2 is 2.00 bits per heavy atom. The summed E-state index contributed by atoms with van der Waals surface area (Å²) in [4.78, 5) is 11.1. The monoisotopic (exact) mass is 236 g/mol. The van der Waals surface area contributed by atoms with Crippen molar-refractivity contribution in [1.82, 2.24) is 0 Å². The van der Waals surface area contributed by atoms with Crippen molar-refractivity contribution < 1.29 is 14.6 Å². The highest BCUT2D eigenvalue weighted by atomic mass is 16.5. The summed E-state index contributed by atoms with van der Waals surface area (Å²) < 4.78 is 5.42. The summed E-state index contributed by atoms with van der Waals surface area (Å²) in [5.74, 6) is -0.553. The third-order valence-corrected chi connectivity index (χ3v) is 2.57. The lowest BCUT2D eigenvalue weighted by atomic mass is 10.0. The lowest BCUT2D eigenvalue weighted by molar-refractivity contribution is -0.150. The van der Waals surface area contributed by atoms with Crippen LogP contribution in [0.25, 0.3) is 0 Å². The second-order valence-electron chi connectivity index (χ2n) is 4.68. The maximum Gasteiger partial charge on any atom is 0.333 e. The van der Waals surface area contributed by atoms with Gasteiger partial charge >= 0.3 is 5.97 Å². The van der Waals surface area contributed by atoms with Crippen molar-refractivity contribution in [3.8, 4) is 0 Å². The summed E-state index contributed by atoms with van der Waals surface area (Å²) in [6, 6.07) is 7.80. The molecule has 0 aliphatic rings. The van der Waals surface area contributed by atoms with Gasteiger partial charge in [0.1, 0.15) is 0 Å². The highest BCUT2D eigenvalue weighted by Crippen LogP contribution is 2.12. The van der Waals surface area contributed by atoms with Crippen LogP contribution < -0.4 is 0 Å². The molecule has 0 unspecified atom stereocenters. The van der Waals surface area contributed by atoms with Crippen LogP contribution in [0.1, 0.15) is 25.0 Å². The molecule has 0 spiro atoms. The van der Waals surface area contributed by atoms with Crippen LogP contribution in [-0.2, 0) is 16.0 Å². The summed E-state index contributed by atoms with van der Waals surface area (Å²) in [6.07, 6.45) is -0.326. The van der Waals surface area contributed by atoms with E-state index < -0.39 is 12.1 Å². The molecule has 17 heavy (non-hydrogen) atoms. The molecule has 0 aliphatic heterocycles. The molecule has 94 valence electrons. The molecule has 0 aromatic heterocycles. The predicted octanol–water partition coefficient (Wildman–Crippen LogP) is 2.66. The number of aryl methyl sites for hydroxylation is 1. The average Bonchev–Trinajstić information content (AvgIpc) is 2.25. The van der Waals surface area contributed by atoms with Crippen molar-refractivity contribution >= 4 is 5.97 Å².